The Bertz CT molecular complexity index is 397. The number of carbonyl (C=O) groups is 1. The van der Waals surface area contributed by atoms with Crippen molar-refractivity contribution in [2.24, 2.45) is 5.92 Å². The second-order valence-electron chi connectivity index (χ2n) is 5.72. The van der Waals surface area contributed by atoms with Gasteiger partial charge in [-0.3, -0.25) is 0 Å². The normalized spacial score (nSPS) is 17.4. The van der Waals surface area contributed by atoms with Crippen molar-refractivity contribution >= 4 is 17.4 Å². The van der Waals surface area contributed by atoms with Crippen LogP contribution in [0.4, 0.5) is 4.79 Å². The van der Waals surface area contributed by atoms with Crippen molar-refractivity contribution in [3.05, 3.63) is 22.4 Å². The summed E-state index contributed by atoms with van der Waals surface area (Å²) in [6, 6.07) is 4.62. The summed E-state index contributed by atoms with van der Waals surface area (Å²) in [4.78, 5) is 15.4. The third-order valence-electron chi connectivity index (χ3n) is 3.93. The maximum absolute atomic E-state index is 11.7. The van der Waals surface area contributed by atoms with Crippen molar-refractivity contribution < 1.29 is 4.79 Å². The molecule has 2 amide bonds. The molecule has 1 aromatic heterocycles. The van der Waals surface area contributed by atoms with Crippen LogP contribution in [0.15, 0.2) is 17.5 Å². The van der Waals surface area contributed by atoms with Crippen molar-refractivity contribution in [2.45, 2.75) is 39.3 Å². The van der Waals surface area contributed by atoms with Gasteiger partial charge in [0.25, 0.3) is 0 Å². The maximum Gasteiger partial charge on any atom is 0.315 e. The molecule has 0 unspecified atom stereocenters. The zero-order chi connectivity index (χ0) is 14.4. The Morgan fingerprint density at radius 1 is 1.40 bits per heavy atom. The summed E-state index contributed by atoms with van der Waals surface area (Å²) in [5.41, 5.74) is 0. The van der Waals surface area contributed by atoms with Crippen LogP contribution in [0.25, 0.3) is 0 Å². The van der Waals surface area contributed by atoms with Crippen LogP contribution >= 0.6 is 11.3 Å². The number of thiophene rings is 1. The summed E-state index contributed by atoms with van der Waals surface area (Å²) in [5, 5.41) is 7.92. The molecular weight excluding hydrogens is 270 g/mol. The zero-order valence-corrected chi connectivity index (χ0v) is 13.2. The Morgan fingerprint density at radius 2 is 2.15 bits per heavy atom. The van der Waals surface area contributed by atoms with E-state index in [1.165, 1.54) is 17.7 Å². The number of urea groups is 1. The number of hydrogen-bond donors (Lipinski definition) is 2. The fraction of sp³-hybridized carbons (Fsp3) is 0.667. The lowest BCUT2D eigenvalue weighted by Crippen LogP contribution is -2.43. The van der Waals surface area contributed by atoms with Crippen LogP contribution in [0.2, 0.25) is 0 Å². The molecular formula is C15H25N3OS. The number of nitrogens with one attached hydrogen (secondary N) is 2. The van der Waals surface area contributed by atoms with Gasteiger partial charge in [0.15, 0.2) is 0 Å². The van der Waals surface area contributed by atoms with Crippen molar-refractivity contribution in [1.29, 1.82) is 0 Å². The minimum atomic E-state index is -0.0512. The van der Waals surface area contributed by atoms with E-state index >= 15 is 0 Å². The topological polar surface area (TPSA) is 44.4 Å². The van der Waals surface area contributed by atoms with Gasteiger partial charge in [-0.15, -0.1) is 11.3 Å². The molecule has 0 aliphatic carbocycles. The number of piperidine rings is 1. The zero-order valence-electron chi connectivity index (χ0n) is 12.4. The minimum absolute atomic E-state index is 0.0512. The summed E-state index contributed by atoms with van der Waals surface area (Å²) in [6.07, 6.45) is 2.37. The molecule has 2 N–H and O–H groups in total. The van der Waals surface area contributed by atoms with Crippen molar-refractivity contribution in [2.75, 3.05) is 19.6 Å². The van der Waals surface area contributed by atoms with Crippen LogP contribution in [-0.4, -0.2) is 36.6 Å². The second-order valence-corrected chi connectivity index (χ2v) is 6.75. The predicted molar refractivity (Wildman–Crippen MR) is 84.0 cm³/mol. The Kier molecular flexibility index (Phi) is 5.86. The Balaban J connectivity index is 1.59. The molecule has 2 rings (SSSR count). The van der Waals surface area contributed by atoms with Gasteiger partial charge in [0, 0.05) is 17.5 Å². The van der Waals surface area contributed by atoms with Gasteiger partial charge in [-0.05, 0) is 57.1 Å². The Labute approximate surface area is 125 Å². The van der Waals surface area contributed by atoms with Gasteiger partial charge in [0.2, 0.25) is 0 Å². The molecule has 0 aromatic carbocycles. The average molecular weight is 295 g/mol. The van der Waals surface area contributed by atoms with E-state index in [2.05, 4.69) is 29.4 Å². The van der Waals surface area contributed by atoms with Crippen molar-refractivity contribution in [3.63, 3.8) is 0 Å². The average Bonchev–Trinajstić information content (AvgIpc) is 2.96. The third kappa shape index (κ3) is 4.80. The molecule has 0 atom stereocenters. The molecule has 1 fully saturated rings. The molecule has 0 radical (unpaired) electrons. The molecule has 1 saturated heterocycles. The van der Waals surface area contributed by atoms with Gasteiger partial charge in [-0.1, -0.05) is 6.07 Å². The Morgan fingerprint density at radius 3 is 2.75 bits per heavy atom. The molecule has 1 aromatic rings. The minimum Gasteiger partial charge on any atom is -0.338 e. The quantitative estimate of drug-likeness (QED) is 0.877. The van der Waals surface area contributed by atoms with Gasteiger partial charge in [0.05, 0.1) is 6.54 Å². The summed E-state index contributed by atoms with van der Waals surface area (Å²) in [5.74, 6) is 0.623. The number of likely N-dealkylation sites (tertiary alicyclic amines) is 1. The molecule has 2 heterocycles. The molecule has 0 bridgehead atoms. The predicted octanol–water partition coefficient (Wildman–Crippen LogP) is 2.67. The van der Waals surface area contributed by atoms with Crippen LogP contribution in [0.3, 0.4) is 0 Å². The van der Waals surface area contributed by atoms with Gasteiger partial charge >= 0.3 is 6.03 Å². The summed E-state index contributed by atoms with van der Waals surface area (Å²) in [7, 11) is 0. The smallest absolute Gasteiger partial charge is 0.315 e. The highest BCUT2D eigenvalue weighted by Crippen LogP contribution is 2.18. The highest BCUT2D eigenvalue weighted by Gasteiger charge is 2.20. The number of amides is 2. The lowest BCUT2D eigenvalue weighted by molar-refractivity contribution is 0.148. The van der Waals surface area contributed by atoms with Crippen molar-refractivity contribution in [1.82, 2.24) is 15.5 Å². The van der Waals surface area contributed by atoms with Crippen LogP contribution in [0.1, 0.15) is 31.6 Å². The molecule has 20 heavy (non-hydrogen) atoms. The third-order valence-corrected chi connectivity index (χ3v) is 4.81. The van der Waals surface area contributed by atoms with E-state index < -0.39 is 0 Å². The van der Waals surface area contributed by atoms with Crippen LogP contribution in [0, 0.1) is 5.92 Å². The lowest BCUT2D eigenvalue weighted by Gasteiger charge is -2.34. The number of rotatable bonds is 5. The first-order valence-electron chi connectivity index (χ1n) is 7.43. The SMILES string of the molecule is CC(C)N1CCC(CNC(=O)NCc2cccs2)CC1. The van der Waals surface area contributed by atoms with Crippen LogP contribution in [-0.2, 0) is 6.54 Å². The first-order chi connectivity index (χ1) is 9.65. The summed E-state index contributed by atoms with van der Waals surface area (Å²) >= 11 is 1.67. The van der Waals surface area contributed by atoms with E-state index in [0.717, 1.165) is 19.6 Å². The van der Waals surface area contributed by atoms with E-state index in [0.29, 0.717) is 18.5 Å². The number of hydrogen-bond acceptors (Lipinski definition) is 3. The molecule has 0 saturated carbocycles. The summed E-state index contributed by atoms with van der Waals surface area (Å²) in [6.45, 7) is 8.21. The Hall–Kier alpha value is -1.07. The number of nitrogens with zero attached hydrogens (tertiary/aromatic N) is 1. The number of carbonyl (C=O) groups excluding carboxylic acids is 1. The summed E-state index contributed by atoms with van der Waals surface area (Å²) < 4.78 is 0. The lowest BCUT2D eigenvalue weighted by atomic mass is 9.96. The first kappa shape index (κ1) is 15.3. The first-order valence-corrected chi connectivity index (χ1v) is 8.31. The van der Waals surface area contributed by atoms with Crippen LogP contribution < -0.4 is 10.6 Å². The van der Waals surface area contributed by atoms with E-state index in [-0.39, 0.29) is 6.03 Å². The van der Waals surface area contributed by atoms with E-state index in [4.69, 9.17) is 0 Å². The van der Waals surface area contributed by atoms with E-state index in [1.807, 2.05) is 17.5 Å². The van der Waals surface area contributed by atoms with Crippen molar-refractivity contribution in [3.8, 4) is 0 Å². The van der Waals surface area contributed by atoms with E-state index in [1.54, 1.807) is 11.3 Å². The standard InChI is InChI=1S/C15H25N3OS/c1-12(2)18-7-5-13(6-8-18)10-16-15(19)17-11-14-4-3-9-20-14/h3-4,9,12-13H,5-8,10-11H2,1-2H3,(H2,16,17,19). The monoisotopic (exact) mass is 295 g/mol. The molecule has 1 aliphatic heterocycles. The maximum atomic E-state index is 11.7. The molecule has 0 spiro atoms. The molecule has 112 valence electrons. The van der Waals surface area contributed by atoms with E-state index in [9.17, 15) is 4.79 Å². The van der Waals surface area contributed by atoms with Gasteiger partial charge in [0.1, 0.15) is 0 Å². The molecule has 4 nitrogen and oxygen atoms in total. The van der Waals surface area contributed by atoms with Gasteiger partial charge in [-0.25, -0.2) is 4.79 Å². The molecule has 1 aliphatic rings. The highest BCUT2D eigenvalue weighted by molar-refractivity contribution is 7.09. The fourth-order valence-electron chi connectivity index (χ4n) is 2.55. The van der Waals surface area contributed by atoms with Crippen LogP contribution in [0.5, 0.6) is 0 Å². The van der Waals surface area contributed by atoms with Gasteiger partial charge < -0.3 is 15.5 Å². The highest BCUT2D eigenvalue weighted by atomic mass is 32.1. The van der Waals surface area contributed by atoms with Gasteiger partial charge in [-0.2, -0.15) is 0 Å². The largest absolute Gasteiger partial charge is 0.338 e. The second kappa shape index (κ2) is 7.64. The fourth-order valence-corrected chi connectivity index (χ4v) is 3.20. The molecule has 5 heteroatoms.